The standard InChI is InChI=1S/C12H8N2O2S2/c15-12(16)7-4-10(17-5-7)9-6-18-11(14-9)8-2-1-3-13-8/h1-6,13H,(H,15,16). The van der Waals surface area contributed by atoms with E-state index in [1.807, 2.05) is 23.7 Å². The second-order valence-electron chi connectivity index (χ2n) is 3.63. The van der Waals surface area contributed by atoms with E-state index >= 15 is 0 Å². The Morgan fingerprint density at radius 1 is 1.33 bits per heavy atom. The van der Waals surface area contributed by atoms with Crippen LogP contribution in [0.25, 0.3) is 21.3 Å². The van der Waals surface area contributed by atoms with E-state index in [4.69, 9.17) is 5.11 Å². The third-order valence-corrected chi connectivity index (χ3v) is 4.26. The Labute approximate surface area is 111 Å². The quantitative estimate of drug-likeness (QED) is 0.768. The van der Waals surface area contributed by atoms with Crippen molar-refractivity contribution in [2.45, 2.75) is 0 Å². The number of nitrogens with one attached hydrogen (secondary N) is 1. The number of nitrogens with zero attached hydrogens (tertiary/aromatic N) is 1. The summed E-state index contributed by atoms with van der Waals surface area (Å²) in [5, 5.41) is 13.4. The van der Waals surface area contributed by atoms with E-state index in [0.29, 0.717) is 5.56 Å². The zero-order valence-electron chi connectivity index (χ0n) is 9.08. The van der Waals surface area contributed by atoms with Gasteiger partial charge in [-0.05, 0) is 18.2 Å². The fraction of sp³-hybridized carbons (Fsp3) is 0. The van der Waals surface area contributed by atoms with E-state index in [2.05, 4.69) is 9.97 Å². The van der Waals surface area contributed by atoms with Gasteiger partial charge in [-0.1, -0.05) is 0 Å². The van der Waals surface area contributed by atoms with Crippen LogP contribution < -0.4 is 0 Å². The molecule has 3 aromatic rings. The lowest BCUT2D eigenvalue weighted by Gasteiger charge is -1.89. The summed E-state index contributed by atoms with van der Waals surface area (Å²) in [6.45, 7) is 0. The van der Waals surface area contributed by atoms with Crippen LogP contribution >= 0.6 is 22.7 Å². The maximum absolute atomic E-state index is 10.8. The van der Waals surface area contributed by atoms with Crippen molar-refractivity contribution >= 4 is 28.6 Å². The molecule has 2 N–H and O–H groups in total. The SMILES string of the molecule is O=C(O)c1csc(-c2csc(-c3ccc[nH]3)n2)c1. The Balaban J connectivity index is 1.95. The number of carbonyl (C=O) groups is 1. The first-order valence-electron chi connectivity index (χ1n) is 5.15. The zero-order valence-corrected chi connectivity index (χ0v) is 10.7. The van der Waals surface area contributed by atoms with Gasteiger partial charge < -0.3 is 10.1 Å². The number of hydrogen-bond acceptors (Lipinski definition) is 4. The van der Waals surface area contributed by atoms with E-state index in [1.54, 1.807) is 11.4 Å². The molecule has 0 atom stereocenters. The summed E-state index contributed by atoms with van der Waals surface area (Å²) in [5.41, 5.74) is 2.10. The Morgan fingerprint density at radius 2 is 2.22 bits per heavy atom. The second kappa shape index (κ2) is 4.40. The fourth-order valence-corrected chi connectivity index (χ4v) is 3.28. The molecule has 3 heterocycles. The maximum atomic E-state index is 10.8. The number of thiophene rings is 1. The van der Waals surface area contributed by atoms with Crippen molar-refractivity contribution in [3.8, 4) is 21.3 Å². The minimum Gasteiger partial charge on any atom is -0.478 e. The molecule has 18 heavy (non-hydrogen) atoms. The molecule has 0 amide bonds. The minimum absolute atomic E-state index is 0.310. The van der Waals surface area contributed by atoms with Gasteiger partial charge >= 0.3 is 5.97 Å². The second-order valence-corrected chi connectivity index (χ2v) is 5.40. The maximum Gasteiger partial charge on any atom is 0.336 e. The molecule has 0 saturated heterocycles. The van der Waals surface area contributed by atoms with Crippen LogP contribution in [0.4, 0.5) is 0 Å². The predicted molar refractivity (Wildman–Crippen MR) is 72.2 cm³/mol. The Kier molecular flexibility index (Phi) is 2.73. The Bertz CT molecular complexity index is 683. The number of carboxylic acids is 1. The van der Waals surface area contributed by atoms with Crippen molar-refractivity contribution in [2.24, 2.45) is 0 Å². The lowest BCUT2D eigenvalue weighted by Crippen LogP contribution is -1.91. The third kappa shape index (κ3) is 1.96. The van der Waals surface area contributed by atoms with E-state index in [9.17, 15) is 4.79 Å². The molecule has 0 spiro atoms. The summed E-state index contributed by atoms with van der Waals surface area (Å²) in [6, 6.07) is 5.53. The van der Waals surface area contributed by atoms with Crippen LogP contribution in [-0.4, -0.2) is 21.0 Å². The van der Waals surface area contributed by atoms with Gasteiger partial charge in [0, 0.05) is 17.0 Å². The van der Waals surface area contributed by atoms with Gasteiger partial charge in [0.15, 0.2) is 0 Å². The summed E-state index contributed by atoms with van der Waals surface area (Å²) in [4.78, 5) is 19.3. The average Bonchev–Trinajstić information content (AvgIpc) is 3.10. The molecule has 0 aliphatic rings. The number of thiazole rings is 1. The molecule has 0 radical (unpaired) electrons. The molecule has 90 valence electrons. The van der Waals surface area contributed by atoms with Crippen molar-refractivity contribution < 1.29 is 9.90 Å². The van der Waals surface area contributed by atoms with E-state index in [0.717, 1.165) is 21.3 Å². The monoisotopic (exact) mass is 276 g/mol. The molecular weight excluding hydrogens is 268 g/mol. The number of aromatic amines is 1. The summed E-state index contributed by atoms with van der Waals surface area (Å²) in [6.07, 6.45) is 1.85. The summed E-state index contributed by atoms with van der Waals surface area (Å²) in [5.74, 6) is -0.905. The smallest absolute Gasteiger partial charge is 0.336 e. The number of aromatic nitrogens is 2. The van der Waals surface area contributed by atoms with Gasteiger partial charge in [0.1, 0.15) is 5.01 Å². The van der Waals surface area contributed by atoms with Crippen LogP contribution in [-0.2, 0) is 0 Å². The number of H-pyrrole nitrogens is 1. The average molecular weight is 276 g/mol. The fourth-order valence-electron chi connectivity index (χ4n) is 1.56. The number of carboxylic acid groups (broad SMARTS) is 1. The number of hydrogen-bond donors (Lipinski definition) is 2. The summed E-state index contributed by atoms with van der Waals surface area (Å²) >= 11 is 2.93. The van der Waals surface area contributed by atoms with E-state index in [-0.39, 0.29) is 0 Å². The first kappa shape index (κ1) is 11.2. The van der Waals surface area contributed by atoms with Crippen LogP contribution in [0, 0.1) is 0 Å². The van der Waals surface area contributed by atoms with Gasteiger partial charge in [0.25, 0.3) is 0 Å². The van der Waals surface area contributed by atoms with Crippen molar-refractivity contribution in [3.63, 3.8) is 0 Å². The Morgan fingerprint density at radius 3 is 2.89 bits per heavy atom. The van der Waals surface area contributed by atoms with Crippen molar-refractivity contribution in [1.82, 2.24) is 9.97 Å². The summed E-state index contributed by atoms with van der Waals surface area (Å²) in [7, 11) is 0. The van der Waals surface area contributed by atoms with Gasteiger partial charge in [-0.15, -0.1) is 22.7 Å². The number of rotatable bonds is 3. The lowest BCUT2D eigenvalue weighted by atomic mass is 10.3. The van der Waals surface area contributed by atoms with Crippen LogP contribution in [0.2, 0.25) is 0 Å². The highest BCUT2D eigenvalue weighted by molar-refractivity contribution is 7.15. The predicted octanol–water partition coefficient (Wildman–Crippen LogP) is 3.56. The molecule has 0 fully saturated rings. The van der Waals surface area contributed by atoms with Crippen molar-refractivity contribution in [2.75, 3.05) is 0 Å². The van der Waals surface area contributed by atoms with Crippen LogP contribution in [0.5, 0.6) is 0 Å². The van der Waals surface area contributed by atoms with Gasteiger partial charge in [-0.2, -0.15) is 0 Å². The topological polar surface area (TPSA) is 66.0 Å². The van der Waals surface area contributed by atoms with Crippen LogP contribution in [0.1, 0.15) is 10.4 Å². The van der Waals surface area contributed by atoms with Gasteiger partial charge in [0.2, 0.25) is 0 Å². The van der Waals surface area contributed by atoms with Crippen molar-refractivity contribution in [1.29, 1.82) is 0 Å². The third-order valence-electron chi connectivity index (χ3n) is 2.43. The van der Waals surface area contributed by atoms with E-state index < -0.39 is 5.97 Å². The van der Waals surface area contributed by atoms with Gasteiger partial charge in [-0.3, -0.25) is 0 Å². The molecule has 0 unspecified atom stereocenters. The van der Waals surface area contributed by atoms with E-state index in [1.165, 1.54) is 22.7 Å². The molecule has 6 heteroatoms. The number of aromatic carboxylic acids is 1. The zero-order chi connectivity index (χ0) is 12.5. The molecule has 3 aromatic heterocycles. The minimum atomic E-state index is -0.905. The first-order valence-corrected chi connectivity index (χ1v) is 6.91. The molecule has 0 aliphatic carbocycles. The van der Waals surface area contributed by atoms with Crippen LogP contribution in [0.3, 0.4) is 0 Å². The van der Waals surface area contributed by atoms with Crippen molar-refractivity contribution in [3.05, 3.63) is 40.7 Å². The molecular formula is C12H8N2O2S2. The lowest BCUT2D eigenvalue weighted by molar-refractivity contribution is 0.0697. The highest BCUT2D eigenvalue weighted by Crippen LogP contribution is 2.31. The van der Waals surface area contributed by atoms with Crippen LogP contribution in [0.15, 0.2) is 35.2 Å². The molecule has 0 aliphatic heterocycles. The first-order chi connectivity index (χ1) is 8.74. The molecule has 4 nitrogen and oxygen atoms in total. The largest absolute Gasteiger partial charge is 0.478 e. The highest BCUT2D eigenvalue weighted by Gasteiger charge is 2.11. The molecule has 0 bridgehead atoms. The Hall–Kier alpha value is -1.92. The van der Waals surface area contributed by atoms with Gasteiger partial charge in [0.05, 0.1) is 21.8 Å². The normalized spacial score (nSPS) is 10.7. The molecule has 0 saturated carbocycles. The highest BCUT2D eigenvalue weighted by atomic mass is 32.1. The molecule has 0 aromatic carbocycles. The molecule has 3 rings (SSSR count). The summed E-state index contributed by atoms with van der Waals surface area (Å²) < 4.78 is 0. The van der Waals surface area contributed by atoms with Gasteiger partial charge in [-0.25, -0.2) is 9.78 Å².